The van der Waals surface area contributed by atoms with Crippen molar-refractivity contribution in [3.05, 3.63) is 11.6 Å². The molecule has 0 unspecified atom stereocenters. The van der Waals surface area contributed by atoms with Gasteiger partial charge < -0.3 is 15.3 Å². The van der Waals surface area contributed by atoms with Gasteiger partial charge in [-0.1, -0.05) is 65.5 Å². The lowest BCUT2D eigenvalue weighted by atomic mass is 9.46. The van der Waals surface area contributed by atoms with Crippen LogP contribution in [-0.2, 0) is 4.79 Å². The summed E-state index contributed by atoms with van der Waals surface area (Å²) < 4.78 is 0. The van der Waals surface area contributed by atoms with Gasteiger partial charge in [-0.3, -0.25) is 4.79 Å². The van der Waals surface area contributed by atoms with Gasteiger partial charge in [0.1, 0.15) is 5.60 Å². The summed E-state index contributed by atoms with van der Waals surface area (Å²) in [6.07, 6.45) is 15.4. The minimum Gasteiger partial charge on any atom is -0.380 e. The number of nitrogens with zero attached hydrogens (tertiary/aromatic N) is 1. The van der Waals surface area contributed by atoms with Crippen molar-refractivity contribution in [2.24, 2.45) is 46.3 Å². The molecule has 0 aromatic rings. The van der Waals surface area contributed by atoms with E-state index in [1.165, 1.54) is 50.5 Å². The number of carbonyl (C=O) groups is 1. The molecule has 36 heavy (non-hydrogen) atoms. The molecule has 0 aromatic carbocycles. The molecule has 4 heteroatoms. The van der Waals surface area contributed by atoms with Crippen molar-refractivity contribution in [1.29, 1.82) is 0 Å². The monoisotopic (exact) mass is 500 g/mol. The molecule has 0 aliphatic heterocycles. The summed E-state index contributed by atoms with van der Waals surface area (Å²) in [5.74, 6) is 4.72. The van der Waals surface area contributed by atoms with Crippen LogP contribution in [0.15, 0.2) is 11.6 Å². The first-order chi connectivity index (χ1) is 16.9. The maximum absolute atomic E-state index is 13.0. The van der Waals surface area contributed by atoms with E-state index in [1.807, 2.05) is 14.1 Å². The van der Waals surface area contributed by atoms with Gasteiger partial charge >= 0.3 is 0 Å². The third-order valence-corrected chi connectivity index (χ3v) is 11.6. The maximum Gasteiger partial charge on any atom is 0.252 e. The lowest BCUT2D eigenvalue weighted by molar-refractivity contribution is -0.145. The first-order valence-electron chi connectivity index (χ1n) is 15.3. The molecule has 0 bridgehead atoms. The molecule has 4 rings (SSSR count). The second-order valence-electron chi connectivity index (χ2n) is 14.6. The van der Waals surface area contributed by atoms with Crippen molar-refractivity contribution < 1.29 is 9.90 Å². The number of amides is 1. The topological polar surface area (TPSA) is 52.6 Å². The Morgan fingerprint density at radius 2 is 1.83 bits per heavy atom. The Morgan fingerprint density at radius 3 is 2.53 bits per heavy atom. The van der Waals surface area contributed by atoms with Gasteiger partial charge in [-0.2, -0.15) is 0 Å². The van der Waals surface area contributed by atoms with Crippen LogP contribution in [0.4, 0.5) is 0 Å². The van der Waals surface area contributed by atoms with E-state index in [9.17, 15) is 9.90 Å². The van der Waals surface area contributed by atoms with E-state index in [0.717, 1.165) is 49.0 Å². The number of hydrogen-bond donors (Lipinski definition) is 2. The molecule has 1 amide bonds. The summed E-state index contributed by atoms with van der Waals surface area (Å²) in [5.41, 5.74) is 0.793. The summed E-state index contributed by atoms with van der Waals surface area (Å²) in [6, 6.07) is 0. The smallest absolute Gasteiger partial charge is 0.252 e. The molecular weight excluding hydrogens is 444 g/mol. The number of hydrogen-bond acceptors (Lipinski definition) is 3. The van der Waals surface area contributed by atoms with Gasteiger partial charge in [0.2, 0.25) is 0 Å². The summed E-state index contributed by atoms with van der Waals surface area (Å²) in [4.78, 5) is 15.0. The molecule has 3 fully saturated rings. The molecule has 206 valence electrons. The normalized spacial score (nSPS) is 40.9. The van der Waals surface area contributed by atoms with Gasteiger partial charge in [0.15, 0.2) is 0 Å². The van der Waals surface area contributed by atoms with Crippen LogP contribution in [0.2, 0.25) is 0 Å². The van der Waals surface area contributed by atoms with E-state index >= 15 is 0 Å². The van der Waals surface area contributed by atoms with Crippen molar-refractivity contribution in [1.82, 2.24) is 10.2 Å². The highest BCUT2D eigenvalue weighted by Crippen LogP contribution is 2.67. The average molecular weight is 501 g/mol. The lowest BCUT2D eigenvalue weighted by Gasteiger charge is -2.59. The Balaban J connectivity index is 1.44. The van der Waals surface area contributed by atoms with Crippen molar-refractivity contribution in [3.8, 4) is 0 Å². The number of carbonyl (C=O) groups excluding carboxylic acids is 1. The maximum atomic E-state index is 13.0. The molecule has 0 aromatic heterocycles. The highest BCUT2D eigenvalue weighted by molar-refractivity contribution is 5.85. The highest BCUT2D eigenvalue weighted by atomic mass is 16.3. The average Bonchev–Trinajstić information content (AvgIpc) is 3.16. The fourth-order valence-electron chi connectivity index (χ4n) is 9.42. The van der Waals surface area contributed by atoms with Crippen LogP contribution < -0.4 is 5.32 Å². The summed E-state index contributed by atoms with van der Waals surface area (Å²) in [6.45, 7) is 13.8. The second kappa shape index (κ2) is 10.7. The first kappa shape index (κ1) is 28.1. The van der Waals surface area contributed by atoms with Gasteiger partial charge in [0, 0.05) is 19.5 Å². The first-order valence-corrected chi connectivity index (χ1v) is 15.3. The lowest BCUT2D eigenvalue weighted by Crippen LogP contribution is -2.56. The zero-order valence-corrected chi connectivity index (χ0v) is 24.5. The van der Waals surface area contributed by atoms with Crippen LogP contribution in [0.5, 0.6) is 0 Å². The molecule has 2 N–H and O–H groups in total. The van der Waals surface area contributed by atoms with Gasteiger partial charge in [-0.05, 0) is 105 Å². The molecule has 4 aliphatic carbocycles. The van der Waals surface area contributed by atoms with E-state index in [4.69, 9.17) is 0 Å². The molecule has 4 aliphatic rings. The van der Waals surface area contributed by atoms with E-state index in [2.05, 4.69) is 50.9 Å². The van der Waals surface area contributed by atoms with E-state index in [1.54, 1.807) is 0 Å². The van der Waals surface area contributed by atoms with Crippen molar-refractivity contribution in [3.63, 3.8) is 0 Å². The third-order valence-electron chi connectivity index (χ3n) is 11.6. The number of fused-ring (bicyclic) bond motifs is 5. The number of nitrogens with one attached hydrogen (secondary N) is 1. The summed E-state index contributed by atoms with van der Waals surface area (Å²) in [7, 11) is 4.01. The Kier molecular flexibility index (Phi) is 8.38. The number of allylic oxidation sites excluding steroid dienone is 1. The molecule has 4 nitrogen and oxygen atoms in total. The fraction of sp³-hybridized carbons (Fsp3) is 0.906. The molecule has 0 spiro atoms. The Hall–Kier alpha value is -0.870. The predicted octanol–water partition coefficient (Wildman–Crippen LogP) is 6.44. The molecule has 0 radical (unpaired) electrons. The molecular formula is C32H56N2O2. The standard InChI is InChI=1S/C32H56N2O2/c1-22(2)9-8-10-23(3)26-13-14-27-25-12-11-24-21-32(36,29(35)33-19-20-34(6)7)18-17-30(24,4)28(25)15-16-31(26,27)5/h11,22-23,25-28,36H,8-10,12-21H2,1-7H3,(H,33,35)/t23-,25+,26-,27+,28+,30+,31-,32-/m1/s1. The number of likely N-dealkylation sites (N-methyl/N-ethyl adjacent to an activating group) is 1. The van der Waals surface area contributed by atoms with Crippen LogP contribution in [0, 0.1) is 46.3 Å². The fourth-order valence-corrected chi connectivity index (χ4v) is 9.42. The minimum atomic E-state index is -1.24. The minimum absolute atomic E-state index is 0.154. The van der Waals surface area contributed by atoms with Gasteiger partial charge in [-0.15, -0.1) is 0 Å². The molecule has 0 saturated heterocycles. The largest absolute Gasteiger partial charge is 0.380 e. The summed E-state index contributed by atoms with van der Waals surface area (Å²) in [5, 5.41) is 14.4. The van der Waals surface area contributed by atoms with Crippen LogP contribution >= 0.6 is 0 Å². The molecule has 3 saturated carbocycles. The Bertz CT molecular complexity index is 821. The van der Waals surface area contributed by atoms with E-state index < -0.39 is 5.60 Å². The van der Waals surface area contributed by atoms with Crippen LogP contribution in [0.3, 0.4) is 0 Å². The third kappa shape index (κ3) is 5.20. The van der Waals surface area contributed by atoms with Gasteiger partial charge in [0.05, 0.1) is 0 Å². The van der Waals surface area contributed by atoms with E-state index in [-0.39, 0.29) is 11.3 Å². The zero-order chi connectivity index (χ0) is 26.3. The summed E-state index contributed by atoms with van der Waals surface area (Å²) >= 11 is 0. The van der Waals surface area contributed by atoms with Gasteiger partial charge in [0.25, 0.3) is 5.91 Å². The van der Waals surface area contributed by atoms with Crippen LogP contribution in [0.1, 0.15) is 105 Å². The van der Waals surface area contributed by atoms with Crippen molar-refractivity contribution >= 4 is 5.91 Å². The number of rotatable bonds is 9. The van der Waals surface area contributed by atoms with Gasteiger partial charge in [-0.25, -0.2) is 0 Å². The number of aliphatic hydroxyl groups is 1. The van der Waals surface area contributed by atoms with Crippen LogP contribution in [-0.4, -0.2) is 48.7 Å². The molecule has 8 atom stereocenters. The predicted molar refractivity (Wildman–Crippen MR) is 150 cm³/mol. The molecule has 0 heterocycles. The SMILES string of the molecule is CC(C)CCC[C@@H](C)[C@H]1CC[C@H]2[C@@H]3CC=C4C[C@@](O)(C(=O)NCCN(C)C)CC[C@]4(C)[C@H]3CC[C@]12C. The highest BCUT2D eigenvalue weighted by Gasteiger charge is 2.60. The zero-order valence-electron chi connectivity index (χ0n) is 24.5. The van der Waals surface area contributed by atoms with E-state index in [0.29, 0.717) is 30.7 Å². The van der Waals surface area contributed by atoms with Crippen molar-refractivity contribution in [2.45, 2.75) is 111 Å². The second-order valence-corrected chi connectivity index (χ2v) is 14.6. The van der Waals surface area contributed by atoms with Crippen molar-refractivity contribution in [2.75, 3.05) is 27.2 Å². The Labute approximate surface area is 222 Å². The van der Waals surface area contributed by atoms with Crippen LogP contribution in [0.25, 0.3) is 0 Å². The quantitative estimate of drug-likeness (QED) is 0.358. The Morgan fingerprint density at radius 1 is 1.08 bits per heavy atom.